The number of hydrogen-bond donors (Lipinski definition) is 3. The van der Waals surface area contributed by atoms with Crippen molar-refractivity contribution in [2.75, 3.05) is 26.8 Å². The summed E-state index contributed by atoms with van der Waals surface area (Å²) in [5, 5.41) is 14.7. The summed E-state index contributed by atoms with van der Waals surface area (Å²) in [6.07, 6.45) is 0.284. The third-order valence-corrected chi connectivity index (χ3v) is 3.08. The van der Waals surface area contributed by atoms with Crippen LogP contribution in [0.2, 0.25) is 0 Å². The second-order valence-corrected chi connectivity index (χ2v) is 4.42. The molecule has 98 valence electrons. The number of carboxylic acids is 1. The summed E-state index contributed by atoms with van der Waals surface area (Å²) in [5.41, 5.74) is 0. The highest BCUT2D eigenvalue weighted by molar-refractivity contribution is 5.85. The second kappa shape index (κ2) is 6.56. The lowest BCUT2D eigenvalue weighted by molar-refractivity contribution is -0.143. The molecule has 1 aliphatic rings. The molecule has 3 N–H and O–H groups in total. The molecular formula is C11H20N2O4. The van der Waals surface area contributed by atoms with E-state index in [-0.39, 0.29) is 24.2 Å². The molecule has 3 atom stereocenters. The van der Waals surface area contributed by atoms with Gasteiger partial charge >= 0.3 is 5.97 Å². The van der Waals surface area contributed by atoms with E-state index in [1.807, 2.05) is 6.92 Å². The van der Waals surface area contributed by atoms with Gasteiger partial charge in [-0.2, -0.15) is 0 Å². The van der Waals surface area contributed by atoms with Crippen LogP contribution in [0.1, 0.15) is 13.3 Å². The lowest BCUT2D eigenvalue weighted by Gasteiger charge is -2.18. The minimum Gasteiger partial charge on any atom is -0.480 e. The maximum Gasteiger partial charge on any atom is 0.326 e. The highest BCUT2D eigenvalue weighted by Crippen LogP contribution is 2.16. The minimum atomic E-state index is -1.02. The molecule has 6 heteroatoms. The van der Waals surface area contributed by atoms with Crippen LogP contribution in [0.25, 0.3) is 0 Å². The molecule has 6 nitrogen and oxygen atoms in total. The van der Waals surface area contributed by atoms with Crippen molar-refractivity contribution in [1.29, 1.82) is 0 Å². The normalized spacial score (nSPS) is 25.5. The number of hydrogen-bond acceptors (Lipinski definition) is 4. The van der Waals surface area contributed by atoms with Crippen molar-refractivity contribution in [1.82, 2.24) is 10.6 Å². The zero-order valence-corrected chi connectivity index (χ0v) is 10.2. The first-order valence-corrected chi connectivity index (χ1v) is 5.79. The molecule has 0 aromatic rings. The number of carboxylic acid groups (broad SMARTS) is 1. The highest BCUT2D eigenvalue weighted by atomic mass is 16.5. The number of ether oxygens (including phenoxy) is 1. The van der Waals surface area contributed by atoms with Gasteiger partial charge in [-0.15, -0.1) is 0 Å². The molecule has 1 aliphatic heterocycles. The summed E-state index contributed by atoms with van der Waals surface area (Å²) in [6, 6.07) is -0.866. The molecule has 1 rings (SSSR count). The van der Waals surface area contributed by atoms with Gasteiger partial charge in [-0.05, 0) is 12.5 Å². The van der Waals surface area contributed by atoms with Crippen molar-refractivity contribution in [3.05, 3.63) is 0 Å². The lowest BCUT2D eigenvalue weighted by atomic mass is 9.97. The molecule has 0 aliphatic carbocycles. The van der Waals surface area contributed by atoms with Gasteiger partial charge in [0.05, 0.1) is 5.92 Å². The summed E-state index contributed by atoms with van der Waals surface area (Å²) >= 11 is 0. The predicted octanol–water partition coefficient (Wildman–Crippen LogP) is -0.552. The first-order valence-electron chi connectivity index (χ1n) is 5.79. The number of carbonyl (C=O) groups is 2. The van der Waals surface area contributed by atoms with Crippen LogP contribution in [0.4, 0.5) is 0 Å². The third-order valence-electron chi connectivity index (χ3n) is 3.08. The van der Waals surface area contributed by atoms with Gasteiger partial charge in [-0.1, -0.05) is 6.92 Å². The summed E-state index contributed by atoms with van der Waals surface area (Å²) in [4.78, 5) is 22.8. The van der Waals surface area contributed by atoms with Gasteiger partial charge in [-0.3, -0.25) is 4.79 Å². The Kier molecular flexibility index (Phi) is 5.37. The Morgan fingerprint density at radius 2 is 2.24 bits per heavy atom. The van der Waals surface area contributed by atoms with Crippen LogP contribution >= 0.6 is 0 Å². The maximum absolute atomic E-state index is 11.9. The second-order valence-electron chi connectivity index (χ2n) is 4.42. The lowest BCUT2D eigenvalue weighted by Crippen LogP contribution is -2.45. The van der Waals surface area contributed by atoms with Crippen molar-refractivity contribution < 1.29 is 19.4 Å². The van der Waals surface area contributed by atoms with E-state index in [1.54, 1.807) is 0 Å². The van der Waals surface area contributed by atoms with Crippen LogP contribution in [0, 0.1) is 11.8 Å². The van der Waals surface area contributed by atoms with Crippen LogP contribution in [-0.2, 0) is 14.3 Å². The van der Waals surface area contributed by atoms with E-state index in [2.05, 4.69) is 10.6 Å². The van der Waals surface area contributed by atoms with Gasteiger partial charge in [0, 0.05) is 26.7 Å². The molecule has 0 aromatic heterocycles. The van der Waals surface area contributed by atoms with Gasteiger partial charge in [-0.25, -0.2) is 4.79 Å². The molecule has 17 heavy (non-hydrogen) atoms. The molecule has 0 aromatic carbocycles. The van der Waals surface area contributed by atoms with Crippen molar-refractivity contribution in [2.45, 2.75) is 19.4 Å². The zero-order chi connectivity index (χ0) is 12.8. The molecule has 0 saturated carbocycles. The molecule has 0 bridgehead atoms. The molecule has 1 unspecified atom stereocenters. The molecule has 1 fully saturated rings. The summed E-state index contributed by atoms with van der Waals surface area (Å²) in [6.45, 7) is 3.71. The molecule has 1 amide bonds. The predicted molar refractivity (Wildman–Crippen MR) is 61.6 cm³/mol. The number of carbonyl (C=O) groups excluding carboxylic acids is 1. The molecule has 1 saturated heterocycles. The van der Waals surface area contributed by atoms with Crippen molar-refractivity contribution >= 4 is 11.9 Å². The number of amides is 1. The van der Waals surface area contributed by atoms with E-state index in [0.717, 1.165) is 6.54 Å². The van der Waals surface area contributed by atoms with Gasteiger partial charge in [0.25, 0.3) is 0 Å². The smallest absolute Gasteiger partial charge is 0.326 e. The van der Waals surface area contributed by atoms with E-state index in [1.165, 1.54) is 7.11 Å². The SMILES string of the molecule is COCCC(NC(=O)[C@@H]1CNC[C@H]1C)C(=O)O. The largest absolute Gasteiger partial charge is 0.480 e. The third kappa shape index (κ3) is 3.98. The molecule has 1 heterocycles. The van der Waals surface area contributed by atoms with Crippen LogP contribution in [0.3, 0.4) is 0 Å². The Morgan fingerprint density at radius 3 is 2.71 bits per heavy atom. The number of nitrogens with one attached hydrogen (secondary N) is 2. The van der Waals surface area contributed by atoms with E-state index < -0.39 is 12.0 Å². The molecule has 0 radical (unpaired) electrons. The first-order chi connectivity index (χ1) is 8.06. The van der Waals surface area contributed by atoms with Crippen molar-refractivity contribution in [3.63, 3.8) is 0 Å². The number of methoxy groups -OCH3 is 1. The van der Waals surface area contributed by atoms with Gasteiger partial charge in [0.15, 0.2) is 0 Å². The van der Waals surface area contributed by atoms with Crippen LogP contribution in [0.5, 0.6) is 0 Å². The standard InChI is InChI=1S/C11H20N2O4/c1-7-5-12-6-8(7)10(14)13-9(11(15)16)3-4-17-2/h7-9,12H,3-6H2,1-2H3,(H,13,14)(H,15,16)/t7-,8-,9?/m1/s1. The average Bonchev–Trinajstić information content (AvgIpc) is 2.70. The molecule has 0 spiro atoms. The van der Waals surface area contributed by atoms with Crippen LogP contribution in [-0.4, -0.2) is 49.8 Å². The van der Waals surface area contributed by atoms with E-state index >= 15 is 0 Å². The quantitative estimate of drug-likeness (QED) is 0.583. The Hall–Kier alpha value is -1.14. The Labute approximate surface area is 101 Å². The van der Waals surface area contributed by atoms with E-state index in [9.17, 15) is 9.59 Å². The zero-order valence-electron chi connectivity index (χ0n) is 10.2. The van der Waals surface area contributed by atoms with E-state index in [4.69, 9.17) is 9.84 Å². The van der Waals surface area contributed by atoms with Crippen molar-refractivity contribution in [3.8, 4) is 0 Å². The van der Waals surface area contributed by atoms with Crippen LogP contribution < -0.4 is 10.6 Å². The first kappa shape index (κ1) is 13.9. The van der Waals surface area contributed by atoms with Gasteiger partial charge in [0.2, 0.25) is 5.91 Å². The molecular weight excluding hydrogens is 224 g/mol. The fourth-order valence-corrected chi connectivity index (χ4v) is 1.93. The Balaban J connectivity index is 2.48. The monoisotopic (exact) mass is 244 g/mol. The average molecular weight is 244 g/mol. The fourth-order valence-electron chi connectivity index (χ4n) is 1.93. The van der Waals surface area contributed by atoms with E-state index in [0.29, 0.717) is 13.2 Å². The number of rotatable bonds is 6. The summed E-state index contributed by atoms with van der Waals surface area (Å²) in [7, 11) is 1.50. The van der Waals surface area contributed by atoms with Gasteiger partial charge in [0.1, 0.15) is 6.04 Å². The Bertz CT molecular complexity index is 283. The van der Waals surface area contributed by atoms with Crippen molar-refractivity contribution in [2.24, 2.45) is 11.8 Å². The Morgan fingerprint density at radius 1 is 1.53 bits per heavy atom. The number of aliphatic carboxylic acids is 1. The summed E-state index contributed by atoms with van der Waals surface area (Å²) < 4.78 is 4.82. The fraction of sp³-hybridized carbons (Fsp3) is 0.818. The van der Waals surface area contributed by atoms with Crippen LogP contribution in [0.15, 0.2) is 0 Å². The minimum absolute atomic E-state index is 0.139. The summed E-state index contributed by atoms with van der Waals surface area (Å²) in [5.74, 6) is -1.11. The maximum atomic E-state index is 11.9. The highest BCUT2D eigenvalue weighted by Gasteiger charge is 2.31. The van der Waals surface area contributed by atoms with Gasteiger partial charge < -0.3 is 20.5 Å². The topological polar surface area (TPSA) is 87.7 Å².